The Balaban J connectivity index is 1.95. The molecule has 1 atom stereocenters. The van der Waals surface area contributed by atoms with Crippen LogP contribution < -0.4 is 14.2 Å². The third-order valence-electron chi connectivity index (χ3n) is 5.00. The number of hydrogen-bond donors (Lipinski definition) is 0. The van der Waals surface area contributed by atoms with E-state index in [2.05, 4.69) is 0 Å². The minimum Gasteiger partial charge on any atom is -0.495 e. The van der Waals surface area contributed by atoms with Crippen molar-refractivity contribution in [3.63, 3.8) is 0 Å². The third kappa shape index (κ3) is 4.38. The Bertz CT molecular complexity index is 988. The summed E-state index contributed by atoms with van der Waals surface area (Å²) in [5, 5.41) is 0. The lowest BCUT2D eigenvalue weighted by atomic mass is 10.1. The van der Waals surface area contributed by atoms with Crippen LogP contribution >= 0.6 is 0 Å². The molecule has 0 aliphatic carbocycles. The van der Waals surface area contributed by atoms with Crippen LogP contribution in [0.15, 0.2) is 47.4 Å². The zero-order chi connectivity index (χ0) is 21.0. The molecule has 0 aromatic heterocycles. The molecule has 1 heterocycles. The lowest BCUT2D eigenvalue weighted by Gasteiger charge is -2.32. The highest BCUT2D eigenvalue weighted by Crippen LogP contribution is 2.32. The molecule has 0 saturated carbocycles. The number of piperidine rings is 1. The van der Waals surface area contributed by atoms with Crippen LogP contribution in [-0.4, -0.2) is 45.5 Å². The maximum Gasteiger partial charge on any atom is 0.343 e. The van der Waals surface area contributed by atoms with Crippen LogP contribution in [0.5, 0.6) is 17.2 Å². The standard InChI is InChI=1S/C21H25NO6S/c1-15-8-6-7-13-22(15)29(24,25)20-14-16(11-12-19(20)27-3)21(23)28-18-10-5-4-9-17(18)26-2/h4-5,9-12,14-15H,6-8,13H2,1-3H3/t15-/m0/s1. The molecular formula is C21H25NO6S. The van der Waals surface area contributed by atoms with Gasteiger partial charge in [-0.1, -0.05) is 18.6 Å². The number of hydrogen-bond acceptors (Lipinski definition) is 6. The Hall–Kier alpha value is -2.58. The number of methoxy groups -OCH3 is 2. The molecule has 3 rings (SSSR count). The third-order valence-corrected chi connectivity index (χ3v) is 7.03. The summed E-state index contributed by atoms with van der Waals surface area (Å²) in [6.07, 6.45) is 2.61. The summed E-state index contributed by atoms with van der Waals surface area (Å²) in [6, 6.07) is 10.9. The summed E-state index contributed by atoms with van der Waals surface area (Å²) in [4.78, 5) is 12.6. The number of benzene rings is 2. The smallest absolute Gasteiger partial charge is 0.343 e. The normalized spacial score (nSPS) is 17.6. The highest BCUT2D eigenvalue weighted by atomic mass is 32.2. The van der Waals surface area contributed by atoms with Gasteiger partial charge < -0.3 is 14.2 Å². The minimum atomic E-state index is -3.82. The number of esters is 1. The van der Waals surface area contributed by atoms with E-state index in [9.17, 15) is 13.2 Å². The van der Waals surface area contributed by atoms with E-state index in [1.165, 1.54) is 36.7 Å². The van der Waals surface area contributed by atoms with Gasteiger partial charge in [-0.15, -0.1) is 0 Å². The van der Waals surface area contributed by atoms with Crippen LogP contribution in [0.25, 0.3) is 0 Å². The molecule has 7 nitrogen and oxygen atoms in total. The van der Waals surface area contributed by atoms with Gasteiger partial charge in [0.1, 0.15) is 10.6 Å². The van der Waals surface area contributed by atoms with Crippen molar-refractivity contribution >= 4 is 16.0 Å². The van der Waals surface area contributed by atoms with E-state index >= 15 is 0 Å². The van der Waals surface area contributed by atoms with Gasteiger partial charge in [-0.05, 0) is 50.1 Å². The molecule has 1 fully saturated rings. The second-order valence-corrected chi connectivity index (χ2v) is 8.73. The van der Waals surface area contributed by atoms with Crippen LogP contribution in [0.4, 0.5) is 0 Å². The van der Waals surface area contributed by atoms with Gasteiger partial charge in [-0.25, -0.2) is 13.2 Å². The fraction of sp³-hybridized carbons (Fsp3) is 0.381. The van der Waals surface area contributed by atoms with Crippen LogP contribution in [0.3, 0.4) is 0 Å². The van der Waals surface area contributed by atoms with E-state index in [1.54, 1.807) is 24.3 Å². The van der Waals surface area contributed by atoms with Crippen LogP contribution in [0.2, 0.25) is 0 Å². The van der Waals surface area contributed by atoms with E-state index < -0.39 is 16.0 Å². The van der Waals surface area contributed by atoms with E-state index in [4.69, 9.17) is 14.2 Å². The van der Waals surface area contributed by atoms with Crippen LogP contribution in [0, 0.1) is 0 Å². The molecule has 0 spiro atoms. The molecule has 29 heavy (non-hydrogen) atoms. The molecular weight excluding hydrogens is 394 g/mol. The lowest BCUT2D eigenvalue weighted by molar-refractivity contribution is 0.0729. The van der Waals surface area contributed by atoms with Crippen molar-refractivity contribution in [3.05, 3.63) is 48.0 Å². The van der Waals surface area contributed by atoms with E-state index in [1.807, 2.05) is 6.92 Å². The second-order valence-electron chi connectivity index (χ2n) is 6.87. The van der Waals surface area contributed by atoms with Gasteiger partial charge in [0.2, 0.25) is 10.0 Å². The zero-order valence-corrected chi connectivity index (χ0v) is 17.6. The largest absolute Gasteiger partial charge is 0.495 e. The first-order valence-electron chi connectivity index (χ1n) is 9.43. The van der Waals surface area contributed by atoms with Crippen molar-refractivity contribution in [1.82, 2.24) is 4.31 Å². The molecule has 0 unspecified atom stereocenters. The highest BCUT2D eigenvalue weighted by Gasteiger charge is 2.33. The molecule has 1 aliphatic rings. The van der Waals surface area contributed by atoms with Crippen LogP contribution in [-0.2, 0) is 10.0 Å². The Morgan fingerprint density at radius 2 is 1.69 bits per heavy atom. The molecule has 8 heteroatoms. The maximum absolute atomic E-state index is 13.3. The molecule has 1 aliphatic heterocycles. The van der Waals surface area contributed by atoms with Gasteiger partial charge in [0, 0.05) is 12.6 Å². The summed E-state index contributed by atoms with van der Waals surface area (Å²) in [5.74, 6) is 0.172. The summed E-state index contributed by atoms with van der Waals surface area (Å²) in [7, 11) is -0.940. The van der Waals surface area contributed by atoms with Crippen molar-refractivity contribution in [2.45, 2.75) is 37.1 Å². The van der Waals surface area contributed by atoms with Gasteiger partial charge in [-0.3, -0.25) is 0 Å². The number of sulfonamides is 1. The lowest BCUT2D eigenvalue weighted by Crippen LogP contribution is -2.42. The van der Waals surface area contributed by atoms with Gasteiger partial charge in [0.05, 0.1) is 19.8 Å². The van der Waals surface area contributed by atoms with Crippen molar-refractivity contribution < 1.29 is 27.4 Å². The summed E-state index contributed by atoms with van der Waals surface area (Å²) >= 11 is 0. The molecule has 0 N–H and O–H groups in total. The number of para-hydroxylation sites is 2. The second kappa shape index (κ2) is 8.84. The maximum atomic E-state index is 13.3. The van der Waals surface area contributed by atoms with E-state index in [0.29, 0.717) is 12.3 Å². The first-order chi connectivity index (χ1) is 13.9. The number of nitrogens with zero attached hydrogens (tertiary/aromatic N) is 1. The quantitative estimate of drug-likeness (QED) is 0.527. The Kier molecular flexibility index (Phi) is 6.44. The minimum absolute atomic E-state index is 0.0387. The van der Waals surface area contributed by atoms with Crippen molar-refractivity contribution in [1.29, 1.82) is 0 Å². The fourth-order valence-corrected chi connectivity index (χ4v) is 5.31. The first kappa shape index (κ1) is 21.1. The van der Waals surface area contributed by atoms with Gasteiger partial charge in [-0.2, -0.15) is 4.31 Å². The van der Waals surface area contributed by atoms with Crippen LogP contribution in [0.1, 0.15) is 36.5 Å². The number of rotatable bonds is 6. The number of carbonyl (C=O) groups is 1. The molecule has 1 saturated heterocycles. The average molecular weight is 419 g/mol. The van der Waals surface area contributed by atoms with Gasteiger partial charge >= 0.3 is 5.97 Å². The molecule has 0 amide bonds. The van der Waals surface area contributed by atoms with E-state index in [-0.39, 0.29) is 28.0 Å². The molecule has 2 aromatic rings. The summed E-state index contributed by atoms with van der Waals surface area (Å²) in [5.41, 5.74) is 0.111. The summed E-state index contributed by atoms with van der Waals surface area (Å²) < 4.78 is 43.9. The highest BCUT2D eigenvalue weighted by molar-refractivity contribution is 7.89. The zero-order valence-electron chi connectivity index (χ0n) is 16.8. The Morgan fingerprint density at radius 1 is 1.00 bits per heavy atom. The Morgan fingerprint density at radius 3 is 2.34 bits per heavy atom. The summed E-state index contributed by atoms with van der Waals surface area (Å²) in [6.45, 7) is 2.34. The van der Waals surface area contributed by atoms with Crippen molar-refractivity contribution in [3.8, 4) is 17.2 Å². The Labute approximate surface area is 171 Å². The van der Waals surface area contributed by atoms with E-state index in [0.717, 1.165) is 19.3 Å². The number of carbonyl (C=O) groups excluding carboxylic acids is 1. The molecule has 0 radical (unpaired) electrons. The first-order valence-corrected chi connectivity index (χ1v) is 10.9. The average Bonchev–Trinajstić information content (AvgIpc) is 2.73. The number of ether oxygens (including phenoxy) is 3. The van der Waals surface area contributed by atoms with Gasteiger partial charge in [0.15, 0.2) is 11.5 Å². The monoisotopic (exact) mass is 419 g/mol. The predicted octanol–water partition coefficient (Wildman–Crippen LogP) is 3.49. The van der Waals surface area contributed by atoms with Crippen molar-refractivity contribution in [2.75, 3.05) is 20.8 Å². The molecule has 156 valence electrons. The van der Waals surface area contributed by atoms with Gasteiger partial charge in [0.25, 0.3) is 0 Å². The molecule has 0 bridgehead atoms. The van der Waals surface area contributed by atoms with Crippen molar-refractivity contribution in [2.24, 2.45) is 0 Å². The topological polar surface area (TPSA) is 82.1 Å². The molecule has 2 aromatic carbocycles. The fourth-order valence-electron chi connectivity index (χ4n) is 3.42. The SMILES string of the molecule is COc1ccccc1OC(=O)c1ccc(OC)c(S(=O)(=O)N2CCCC[C@@H]2C)c1. The predicted molar refractivity (Wildman–Crippen MR) is 108 cm³/mol.